The maximum atomic E-state index is 13.6. The highest BCUT2D eigenvalue weighted by Crippen LogP contribution is 2.53. The van der Waals surface area contributed by atoms with Gasteiger partial charge in [0.2, 0.25) is 0 Å². The third-order valence-electron chi connectivity index (χ3n) is 8.11. The maximum Gasteiger partial charge on any atom is 0.394 e. The Kier molecular flexibility index (Phi) is 6.60. The van der Waals surface area contributed by atoms with E-state index in [1.54, 1.807) is 12.3 Å². The van der Waals surface area contributed by atoms with E-state index in [1.165, 1.54) is 12.1 Å². The molecule has 3 aliphatic rings. The summed E-state index contributed by atoms with van der Waals surface area (Å²) in [6, 6.07) is 9.99. The quantitative estimate of drug-likeness (QED) is 0.492. The second kappa shape index (κ2) is 9.84. The van der Waals surface area contributed by atoms with Crippen LogP contribution in [0.25, 0.3) is 17.2 Å². The minimum absolute atomic E-state index is 0.0757. The molecule has 1 aromatic heterocycles. The molecular formula is C28H29FN2O5. The number of carboxylic acid groups (broad SMARTS) is 1. The molecule has 2 aliphatic carbocycles. The SMILES string of the molecule is C[C@H]1OC(=O)[C@@H]2C[C@@H]3C[C@H](NC(=O)C(=O)O)CC[C@H]3[C@H](/C=C/c3ccc(-c4cccc(F)c4)cn3)[C@H]12. The Morgan fingerprint density at radius 1 is 1.17 bits per heavy atom. The fraction of sp³-hybridized carbons (Fsp3) is 0.429. The number of carboxylic acids is 1. The van der Waals surface area contributed by atoms with Crippen LogP contribution in [0.15, 0.2) is 48.7 Å². The van der Waals surface area contributed by atoms with Crippen molar-refractivity contribution in [3.8, 4) is 11.1 Å². The number of pyridine rings is 1. The lowest BCUT2D eigenvalue weighted by atomic mass is 9.57. The van der Waals surface area contributed by atoms with Crippen molar-refractivity contribution >= 4 is 23.9 Å². The summed E-state index contributed by atoms with van der Waals surface area (Å²) in [7, 11) is 0. The number of allylic oxidation sites excluding steroid dienone is 1. The molecule has 0 radical (unpaired) electrons. The second-order valence-electron chi connectivity index (χ2n) is 10.2. The maximum absolute atomic E-state index is 13.6. The summed E-state index contributed by atoms with van der Waals surface area (Å²) in [5.74, 6) is -2.44. The van der Waals surface area contributed by atoms with Gasteiger partial charge in [0, 0.05) is 23.7 Å². The molecule has 2 saturated carbocycles. The molecule has 36 heavy (non-hydrogen) atoms. The van der Waals surface area contributed by atoms with Gasteiger partial charge < -0.3 is 15.2 Å². The number of halogens is 1. The molecule has 8 heteroatoms. The van der Waals surface area contributed by atoms with E-state index in [4.69, 9.17) is 9.84 Å². The number of esters is 1. The Labute approximate surface area is 208 Å². The number of hydrogen-bond donors (Lipinski definition) is 2. The van der Waals surface area contributed by atoms with Gasteiger partial charge in [0.15, 0.2) is 0 Å². The molecular weight excluding hydrogens is 463 g/mol. The molecule has 0 bridgehead atoms. The first kappa shape index (κ1) is 24.2. The van der Waals surface area contributed by atoms with Crippen molar-refractivity contribution in [3.05, 3.63) is 60.2 Å². The number of carbonyl (C=O) groups is 3. The molecule has 1 amide bonds. The molecule has 188 valence electrons. The number of fused-ring (bicyclic) bond motifs is 2. The monoisotopic (exact) mass is 492 g/mol. The molecule has 5 rings (SSSR count). The third-order valence-corrected chi connectivity index (χ3v) is 8.11. The fourth-order valence-electron chi connectivity index (χ4n) is 6.55. The summed E-state index contributed by atoms with van der Waals surface area (Å²) >= 11 is 0. The molecule has 7 atom stereocenters. The van der Waals surface area contributed by atoms with Gasteiger partial charge in [-0.05, 0) is 80.2 Å². The molecule has 1 aromatic carbocycles. The van der Waals surface area contributed by atoms with Crippen molar-refractivity contribution in [1.29, 1.82) is 0 Å². The van der Waals surface area contributed by atoms with Crippen LogP contribution in [-0.4, -0.2) is 40.1 Å². The number of nitrogens with one attached hydrogen (secondary N) is 1. The van der Waals surface area contributed by atoms with Crippen molar-refractivity contribution in [2.75, 3.05) is 0 Å². The van der Waals surface area contributed by atoms with Crippen molar-refractivity contribution in [2.45, 2.75) is 44.8 Å². The zero-order chi connectivity index (χ0) is 25.4. The van der Waals surface area contributed by atoms with E-state index in [2.05, 4.69) is 16.4 Å². The number of benzene rings is 1. The lowest BCUT2D eigenvalue weighted by molar-refractivity contribution is -0.150. The molecule has 3 fully saturated rings. The van der Waals surface area contributed by atoms with Crippen molar-refractivity contribution in [1.82, 2.24) is 10.3 Å². The molecule has 2 aromatic rings. The van der Waals surface area contributed by atoms with Gasteiger partial charge >= 0.3 is 17.8 Å². The van der Waals surface area contributed by atoms with E-state index in [1.807, 2.05) is 31.2 Å². The summed E-state index contributed by atoms with van der Waals surface area (Å²) in [6.45, 7) is 1.95. The van der Waals surface area contributed by atoms with Crippen LogP contribution in [0.3, 0.4) is 0 Å². The highest BCUT2D eigenvalue weighted by atomic mass is 19.1. The van der Waals surface area contributed by atoms with Crippen LogP contribution in [0, 0.1) is 35.4 Å². The fourth-order valence-corrected chi connectivity index (χ4v) is 6.55. The van der Waals surface area contributed by atoms with Crippen LogP contribution in [0.2, 0.25) is 0 Å². The van der Waals surface area contributed by atoms with Gasteiger partial charge in [-0.3, -0.25) is 14.6 Å². The number of carbonyl (C=O) groups excluding carboxylic acids is 2. The van der Waals surface area contributed by atoms with E-state index >= 15 is 0 Å². The molecule has 2 N–H and O–H groups in total. The van der Waals surface area contributed by atoms with Crippen molar-refractivity contribution in [3.63, 3.8) is 0 Å². The standard InChI is InChI=1S/C28H29FN2O5/c1-15-25-23(10-7-20-6-5-17(14-30-20)16-3-2-4-19(29)11-16)22-9-8-21(31-26(32)27(33)34)12-18(22)13-24(25)28(35)36-15/h2-7,10-11,14-15,18,21-25H,8-9,12-13H2,1H3,(H,31,32)(H,33,34)/b10-7+/t15-,18+,21-,22-,23+,24-,25+/m1/s1. The van der Waals surface area contributed by atoms with Gasteiger partial charge in [-0.2, -0.15) is 0 Å². The van der Waals surface area contributed by atoms with Crippen LogP contribution < -0.4 is 5.32 Å². The zero-order valence-corrected chi connectivity index (χ0v) is 20.0. The normalized spacial score (nSPS) is 31.4. The Bertz CT molecular complexity index is 1200. The van der Waals surface area contributed by atoms with Crippen LogP contribution in [0.4, 0.5) is 4.39 Å². The average Bonchev–Trinajstić information content (AvgIpc) is 3.14. The first-order valence-electron chi connectivity index (χ1n) is 12.4. The summed E-state index contributed by atoms with van der Waals surface area (Å²) in [5.41, 5.74) is 2.36. The molecule has 2 heterocycles. The molecule has 0 spiro atoms. The number of nitrogens with zero attached hydrogens (tertiary/aromatic N) is 1. The topological polar surface area (TPSA) is 106 Å². The van der Waals surface area contributed by atoms with E-state index in [0.717, 1.165) is 23.2 Å². The van der Waals surface area contributed by atoms with E-state index in [-0.39, 0.29) is 47.6 Å². The molecule has 7 nitrogen and oxygen atoms in total. The van der Waals surface area contributed by atoms with Crippen molar-refractivity contribution < 1.29 is 28.6 Å². The summed E-state index contributed by atoms with van der Waals surface area (Å²) in [5, 5.41) is 11.6. The number of amides is 1. The first-order valence-corrected chi connectivity index (χ1v) is 12.4. The van der Waals surface area contributed by atoms with Gasteiger partial charge in [-0.15, -0.1) is 0 Å². The Balaban J connectivity index is 1.35. The van der Waals surface area contributed by atoms with Crippen molar-refractivity contribution in [2.24, 2.45) is 29.6 Å². The highest BCUT2D eigenvalue weighted by Gasteiger charge is 2.54. The minimum atomic E-state index is -1.48. The van der Waals surface area contributed by atoms with Gasteiger partial charge in [0.1, 0.15) is 11.9 Å². The van der Waals surface area contributed by atoms with Crippen LogP contribution in [0.1, 0.15) is 38.3 Å². The zero-order valence-electron chi connectivity index (χ0n) is 20.0. The number of cyclic esters (lactones) is 1. The molecule has 0 unspecified atom stereocenters. The molecule has 1 aliphatic heterocycles. The van der Waals surface area contributed by atoms with E-state index in [0.29, 0.717) is 25.2 Å². The van der Waals surface area contributed by atoms with Gasteiger partial charge in [0.25, 0.3) is 0 Å². The van der Waals surface area contributed by atoms with Gasteiger partial charge in [0.05, 0.1) is 11.6 Å². The summed E-state index contributed by atoms with van der Waals surface area (Å²) in [6.07, 6.45) is 8.56. The molecule has 1 saturated heterocycles. The van der Waals surface area contributed by atoms with Crippen LogP contribution in [-0.2, 0) is 19.1 Å². The van der Waals surface area contributed by atoms with Gasteiger partial charge in [-0.25, -0.2) is 9.18 Å². The third kappa shape index (κ3) is 4.76. The largest absolute Gasteiger partial charge is 0.474 e. The number of aromatic nitrogens is 1. The lowest BCUT2D eigenvalue weighted by Gasteiger charge is -2.47. The Morgan fingerprint density at radius 2 is 2.00 bits per heavy atom. The summed E-state index contributed by atoms with van der Waals surface area (Å²) in [4.78, 5) is 39.8. The number of rotatable bonds is 4. The van der Waals surface area contributed by atoms with Crippen LogP contribution in [0.5, 0.6) is 0 Å². The summed E-state index contributed by atoms with van der Waals surface area (Å²) < 4.78 is 19.2. The smallest absolute Gasteiger partial charge is 0.394 e. The first-order chi connectivity index (χ1) is 17.3. The highest BCUT2D eigenvalue weighted by molar-refractivity contribution is 6.31. The predicted molar refractivity (Wildman–Crippen MR) is 130 cm³/mol. The van der Waals surface area contributed by atoms with E-state index in [9.17, 15) is 18.8 Å². The Hall–Kier alpha value is -3.55. The Morgan fingerprint density at radius 3 is 2.72 bits per heavy atom. The number of hydrogen-bond acceptors (Lipinski definition) is 5. The minimum Gasteiger partial charge on any atom is -0.474 e. The predicted octanol–water partition coefficient (Wildman–Crippen LogP) is 4.08. The van der Waals surface area contributed by atoms with E-state index < -0.39 is 11.9 Å². The van der Waals surface area contributed by atoms with Crippen LogP contribution >= 0.6 is 0 Å². The average molecular weight is 493 g/mol. The van der Waals surface area contributed by atoms with Gasteiger partial charge in [-0.1, -0.05) is 24.3 Å². The number of ether oxygens (including phenoxy) is 1. The second-order valence-corrected chi connectivity index (χ2v) is 10.2. The number of aliphatic carboxylic acids is 1. The lowest BCUT2D eigenvalue weighted by Crippen LogP contribution is -2.49.